The summed E-state index contributed by atoms with van der Waals surface area (Å²) in [4.78, 5) is 23.6. The number of unbranched alkanes of at least 4 members (excludes halogenated alkanes) is 5. The maximum Gasteiger partial charge on any atom is 0.155 e. The summed E-state index contributed by atoms with van der Waals surface area (Å²) in [6.07, 6.45) is 16.0. The molecule has 3 heterocycles. The number of aryl methyl sites for hydroxylation is 5. The molecule has 0 saturated heterocycles. The maximum atomic E-state index is 10.0. The normalized spacial score (nSPS) is 10.6. The van der Waals surface area contributed by atoms with Crippen LogP contribution in [0.15, 0.2) is 285 Å². The van der Waals surface area contributed by atoms with E-state index in [0.717, 1.165) is 50.3 Å². The zero-order valence-electron chi connectivity index (χ0n) is 56.7. The summed E-state index contributed by atoms with van der Waals surface area (Å²) in [5, 5.41) is 10.7. The van der Waals surface area contributed by atoms with E-state index in [9.17, 15) is 4.79 Å². The van der Waals surface area contributed by atoms with E-state index in [2.05, 4.69) is 269 Å². The van der Waals surface area contributed by atoms with Gasteiger partial charge in [0, 0.05) is 85.0 Å². The van der Waals surface area contributed by atoms with Gasteiger partial charge in [-0.3, -0.25) is 4.79 Å². The Labute approximate surface area is 621 Å². The molecule has 5 nitrogen and oxygen atoms in total. The summed E-state index contributed by atoms with van der Waals surface area (Å²) in [6, 6.07) is 100. The number of carbonyl (C=O) groups is 1. The van der Waals surface area contributed by atoms with E-state index in [1.807, 2.05) is 67.1 Å². The Morgan fingerprint density at radius 2 is 0.806 bits per heavy atom. The van der Waals surface area contributed by atoms with Crippen LogP contribution in [0.25, 0.3) is 111 Å². The number of aliphatic hydroxyl groups is 1. The predicted octanol–water partition coefficient (Wildman–Crippen LogP) is 24.0. The predicted molar refractivity (Wildman–Crippen MR) is 399 cm³/mol. The van der Waals surface area contributed by atoms with Crippen molar-refractivity contribution in [3.05, 3.63) is 331 Å². The number of carbonyl (C=O) groups excluding carboxylic acids is 1. The minimum Gasteiger partial charge on any atom is -0.512 e. The Kier molecular flexibility index (Phi) is 30.3. The van der Waals surface area contributed by atoms with Crippen LogP contribution < -0.4 is 0 Å². The first kappa shape index (κ1) is 76.4. The van der Waals surface area contributed by atoms with Gasteiger partial charge in [-0.2, -0.15) is 0 Å². The Balaban J connectivity index is 0.000000200. The van der Waals surface area contributed by atoms with Crippen molar-refractivity contribution in [2.75, 3.05) is 0 Å². The minimum absolute atomic E-state index is 0. The molecule has 0 aliphatic rings. The number of hydrogen-bond acceptors (Lipinski definition) is 5. The molecule has 0 saturated carbocycles. The topological polar surface area (TPSA) is 76.0 Å². The molecule has 13 rings (SSSR count). The average Bonchev–Trinajstić information content (AvgIpc) is 0.810. The zero-order chi connectivity index (χ0) is 66.3. The van der Waals surface area contributed by atoms with Crippen molar-refractivity contribution < 1.29 is 70.2 Å². The fourth-order valence-corrected chi connectivity index (χ4v) is 11.4. The Morgan fingerprint density at radius 1 is 0.388 bits per heavy atom. The second-order valence-corrected chi connectivity index (χ2v) is 24.4. The summed E-state index contributed by atoms with van der Waals surface area (Å²) in [6.45, 7) is 13.6. The van der Waals surface area contributed by atoms with Crippen molar-refractivity contribution in [1.29, 1.82) is 0 Å². The molecule has 0 amide bonds. The molecule has 1 N–H and O–H groups in total. The molecule has 98 heavy (non-hydrogen) atoms. The minimum atomic E-state index is -0.125. The molecular weight excluding hydrogens is 1730 g/mol. The van der Waals surface area contributed by atoms with Gasteiger partial charge in [0.05, 0.1) is 5.76 Å². The van der Waals surface area contributed by atoms with Crippen molar-refractivity contribution in [3.8, 4) is 101 Å². The number of aromatic nitrogens is 3. The van der Waals surface area contributed by atoms with Gasteiger partial charge in [0.25, 0.3) is 0 Å². The summed E-state index contributed by atoms with van der Waals surface area (Å²) >= 11 is 0. The van der Waals surface area contributed by atoms with Gasteiger partial charge >= 0.3 is 0 Å². The molecule has 499 valence electrons. The van der Waals surface area contributed by atoms with Crippen molar-refractivity contribution in [2.24, 2.45) is 0 Å². The van der Waals surface area contributed by atoms with E-state index in [4.69, 9.17) is 10.1 Å². The van der Waals surface area contributed by atoms with Crippen LogP contribution in [0.2, 0.25) is 0 Å². The molecule has 3 radical (unpaired) electrons. The summed E-state index contributed by atoms with van der Waals surface area (Å²) < 4.78 is 0. The van der Waals surface area contributed by atoms with Gasteiger partial charge in [-0.1, -0.05) is 220 Å². The molecular formula is C90H82Ir3N3O2-3. The average molecular weight is 1810 g/mol. The van der Waals surface area contributed by atoms with E-state index in [1.54, 1.807) is 0 Å². The molecule has 0 atom stereocenters. The molecule has 0 aliphatic heterocycles. The van der Waals surface area contributed by atoms with Gasteiger partial charge in [-0.05, 0) is 180 Å². The Morgan fingerprint density at radius 3 is 1.22 bits per heavy atom. The standard InChI is InChI=1S/C35H26N.C31H24N.C19H24N.C5H8O2.3Ir/c1-24-10-14-26(15-11-24)31-21-32(27-16-12-25(2)13-17-27)23-33(22-31)29-7-5-8-30(20-29)35-34-9-4-3-6-28(34)18-19-36-35;1-22-9-13-24(14-10-22)28-19-29(25-15-11-23(2)12-16-25)21-30(20-28)26-6-5-7-27(18-26)31-8-3-4-17-32-31;1-2-3-4-5-6-7-10-17-12-14-18(15-13-17)19-11-8-9-16-20-19;1-4(6)3-5(2)7;;;/h3-7,9-23H,1-2H3;3-6,8-21H,1-2H3;8-9,11-14,16H,2-7,10H2,1H3;3,6H,1-2H3;;;/q3*-1;;;;. The number of pyridine rings is 3. The Hall–Kier alpha value is -8.93. The molecule has 8 heteroatoms. The number of fused-ring (bicyclic) bond motifs is 1. The third-order valence-electron chi connectivity index (χ3n) is 16.6. The number of allylic oxidation sites excluding steroid dienone is 2. The molecule has 0 bridgehead atoms. The number of aliphatic hydroxyl groups excluding tert-OH is 1. The number of benzene rings is 10. The fourth-order valence-electron chi connectivity index (χ4n) is 11.4. The van der Waals surface area contributed by atoms with E-state index < -0.39 is 0 Å². The van der Waals surface area contributed by atoms with Crippen LogP contribution in [0.5, 0.6) is 0 Å². The number of rotatable bonds is 17. The van der Waals surface area contributed by atoms with E-state index >= 15 is 0 Å². The van der Waals surface area contributed by atoms with E-state index in [1.165, 1.54) is 154 Å². The van der Waals surface area contributed by atoms with Crippen LogP contribution in [0, 0.1) is 45.9 Å². The molecule has 0 unspecified atom stereocenters. The third kappa shape index (κ3) is 22.3. The number of nitrogens with zero attached hydrogens (tertiary/aromatic N) is 3. The summed E-state index contributed by atoms with van der Waals surface area (Å²) in [5.41, 5.74) is 26.8. The van der Waals surface area contributed by atoms with Crippen molar-refractivity contribution in [1.82, 2.24) is 15.0 Å². The van der Waals surface area contributed by atoms with Crippen LogP contribution in [0.3, 0.4) is 0 Å². The SMILES string of the molecule is CC(=O)C=C(C)O.CCCCCCCCc1c[c-]c(-c2ccccn2)cc1.Cc1ccc(-c2cc(-c3ccc(C)cc3)cc(-c3cc[c-]c(-c4ccccn4)c3)c2)cc1.Cc1ccc(-c2cc(-c3ccc(C)cc3)cc(-c3cc[c-]c(-c4nccc5ccccc45)c3)c2)cc1.[Ir].[Ir].[Ir]. The van der Waals surface area contributed by atoms with Crippen molar-refractivity contribution in [2.45, 2.75) is 93.4 Å². The quantitative estimate of drug-likeness (QED) is 0.0425. The van der Waals surface area contributed by atoms with Crippen LogP contribution >= 0.6 is 0 Å². The maximum absolute atomic E-state index is 10.0. The van der Waals surface area contributed by atoms with Crippen LogP contribution in [-0.4, -0.2) is 25.8 Å². The molecule has 13 aromatic rings. The second kappa shape index (κ2) is 38.9. The monoisotopic (exact) mass is 1820 g/mol. The van der Waals surface area contributed by atoms with E-state index in [0.29, 0.717) is 0 Å². The summed E-state index contributed by atoms with van der Waals surface area (Å²) in [5.74, 6) is -0.0625. The third-order valence-corrected chi connectivity index (χ3v) is 16.6. The fraction of sp³-hybridized carbons (Fsp3) is 0.156. The zero-order valence-corrected chi connectivity index (χ0v) is 63.9. The first-order valence-electron chi connectivity index (χ1n) is 33.0. The first-order valence-corrected chi connectivity index (χ1v) is 33.0. The van der Waals surface area contributed by atoms with E-state index in [-0.39, 0.29) is 71.9 Å². The summed E-state index contributed by atoms with van der Waals surface area (Å²) in [7, 11) is 0. The smallest absolute Gasteiger partial charge is 0.155 e. The van der Waals surface area contributed by atoms with Gasteiger partial charge in [0.15, 0.2) is 5.78 Å². The van der Waals surface area contributed by atoms with Gasteiger partial charge in [0.2, 0.25) is 0 Å². The van der Waals surface area contributed by atoms with Crippen LogP contribution in [0.4, 0.5) is 0 Å². The second-order valence-electron chi connectivity index (χ2n) is 24.4. The largest absolute Gasteiger partial charge is 0.512 e. The molecule has 10 aromatic carbocycles. The molecule has 3 aromatic heterocycles. The van der Waals surface area contributed by atoms with Crippen molar-refractivity contribution >= 4 is 16.6 Å². The van der Waals surface area contributed by atoms with Crippen molar-refractivity contribution in [3.63, 3.8) is 0 Å². The van der Waals surface area contributed by atoms with Gasteiger partial charge in [0.1, 0.15) is 0 Å². The number of ketones is 1. The molecule has 0 fully saturated rings. The number of hydrogen-bond donors (Lipinski definition) is 1. The van der Waals surface area contributed by atoms with Gasteiger partial charge in [-0.25, -0.2) is 0 Å². The van der Waals surface area contributed by atoms with Gasteiger partial charge in [-0.15, -0.1) is 106 Å². The molecule has 0 aliphatic carbocycles. The van der Waals surface area contributed by atoms with Gasteiger partial charge < -0.3 is 20.1 Å². The Bertz CT molecular complexity index is 4500. The van der Waals surface area contributed by atoms with Crippen LogP contribution in [-0.2, 0) is 71.5 Å². The van der Waals surface area contributed by atoms with Crippen LogP contribution in [0.1, 0.15) is 87.1 Å². The molecule has 0 spiro atoms. The first-order chi connectivity index (χ1) is 46.3.